The maximum atomic E-state index is 13.4. The van der Waals surface area contributed by atoms with Gasteiger partial charge in [0, 0.05) is 12.7 Å². The van der Waals surface area contributed by atoms with Crippen LogP contribution in [0.3, 0.4) is 0 Å². The molecule has 0 amide bonds. The highest BCUT2D eigenvalue weighted by atomic mass is 32.2. The van der Waals surface area contributed by atoms with E-state index < -0.39 is 26.8 Å². The molecule has 2 aromatic heterocycles. The van der Waals surface area contributed by atoms with E-state index in [-0.39, 0.29) is 5.69 Å². The molecule has 0 aliphatic heterocycles. The minimum absolute atomic E-state index is 0.194. The fourth-order valence-electron chi connectivity index (χ4n) is 1.70. The number of sulfonamides is 1. The Balaban J connectivity index is 2.23. The Morgan fingerprint density at radius 2 is 2.05 bits per heavy atom. The van der Waals surface area contributed by atoms with Crippen molar-refractivity contribution in [2.45, 2.75) is 25.3 Å². The Bertz CT molecular complexity index is 743. The van der Waals surface area contributed by atoms with E-state index in [1.54, 1.807) is 4.68 Å². The van der Waals surface area contributed by atoms with E-state index in [4.69, 9.17) is 0 Å². The first-order valence-electron chi connectivity index (χ1n) is 6.15. The van der Waals surface area contributed by atoms with Gasteiger partial charge in [0.2, 0.25) is 11.9 Å². The molecule has 0 saturated carbocycles. The fraction of sp³-hybridized carbons (Fsp3) is 0.333. The number of halogens is 2. The van der Waals surface area contributed by atoms with Crippen molar-refractivity contribution in [3.05, 3.63) is 36.4 Å². The fourth-order valence-corrected chi connectivity index (χ4v) is 2.74. The lowest BCUT2D eigenvalue weighted by Crippen LogP contribution is -2.15. The summed E-state index contributed by atoms with van der Waals surface area (Å²) in [5.41, 5.74) is 0.194. The number of nitrogens with one attached hydrogen (secondary N) is 1. The van der Waals surface area contributed by atoms with Gasteiger partial charge in [0.25, 0.3) is 10.0 Å². The highest BCUT2D eigenvalue weighted by Gasteiger charge is 2.21. The summed E-state index contributed by atoms with van der Waals surface area (Å²) in [6, 6.07) is 1.60. The summed E-state index contributed by atoms with van der Waals surface area (Å²) in [7, 11) is -4.18. The second kappa shape index (κ2) is 5.76. The molecule has 0 fully saturated rings. The van der Waals surface area contributed by atoms with Gasteiger partial charge in [0.15, 0.2) is 0 Å². The van der Waals surface area contributed by atoms with Gasteiger partial charge in [-0.05, 0) is 18.1 Å². The van der Waals surface area contributed by atoms with Crippen molar-refractivity contribution in [3.8, 4) is 0 Å². The maximum Gasteiger partial charge on any atom is 0.266 e. The van der Waals surface area contributed by atoms with Crippen LogP contribution in [0.2, 0.25) is 0 Å². The minimum Gasteiger partial charge on any atom is -0.276 e. The van der Waals surface area contributed by atoms with Gasteiger partial charge in [-0.15, -0.1) is 0 Å². The van der Waals surface area contributed by atoms with E-state index in [0.29, 0.717) is 12.5 Å². The molecule has 21 heavy (non-hydrogen) atoms. The lowest BCUT2D eigenvalue weighted by atomic mass is 10.2. The topological polar surface area (TPSA) is 76.9 Å². The first kappa shape index (κ1) is 15.4. The van der Waals surface area contributed by atoms with Crippen molar-refractivity contribution in [1.82, 2.24) is 14.8 Å². The number of nitrogens with zero attached hydrogens (tertiary/aromatic N) is 3. The summed E-state index contributed by atoms with van der Waals surface area (Å²) in [6.07, 6.45) is 2.81. The number of rotatable bonds is 5. The van der Waals surface area contributed by atoms with Crippen LogP contribution in [-0.4, -0.2) is 23.2 Å². The molecule has 6 nitrogen and oxygen atoms in total. The van der Waals surface area contributed by atoms with Crippen LogP contribution in [0.15, 0.2) is 29.4 Å². The van der Waals surface area contributed by atoms with E-state index in [0.717, 1.165) is 12.1 Å². The summed E-state index contributed by atoms with van der Waals surface area (Å²) < 4.78 is 53.9. The van der Waals surface area contributed by atoms with Crippen LogP contribution in [0.1, 0.15) is 13.8 Å². The van der Waals surface area contributed by atoms with Crippen molar-refractivity contribution in [2.75, 3.05) is 4.72 Å². The summed E-state index contributed by atoms with van der Waals surface area (Å²) in [5, 5.41) is 3.99. The number of hydrogen-bond acceptors (Lipinski definition) is 4. The van der Waals surface area contributed by atoms with E-state index in [2.05, 4.69) is 14.8 Å². The van der Waals surface area contributed by atoms with Gasteiger partial charge in [0.1, 0.15) is 4.90 Å². The lowest BCUT2D eigenvalue weighted by molar-refractivity contribution is 0.483. The van der Waals surface area contributed by atoms with Gasteiger partial charge in [-0.25, -0.2) is 8.42 Å². The molecule has 0 atom stereocenters. The Morgan fingerprint density at radius 3 is 2.67 bits per heavy atom. The van der Waals surface area contributed by atoms with Crippen LogP contribution in [0, 0.1) is 17.8 Å². The predicted molar refractivity (Wildman–Crippen MR) is 72.0 cm³/mol. The van der Waals surface area contributed by atoms with Crippen LogP contribution >= 0.6 is 0 Å². The van der Waals surface area contributed by atoms with Crippen molar-refractivity contribution in [2.24, 2.45) is 5.92 Å². The molecule has 114 valence electrons. The van der Waals surface area contributed by atoms with E-state index in [1.165, 1.54) is 12.4 Å². The number of hydrogen-bond donors (Lipinski definition) is 1. The summed E-state index contributed by atoms with van der Waals surface area (Å²) >= 11 is 0. The van der Waals surface area contributed by atoms with Crippen LogP contribution < -0.4 is 4.72 Å². The largest absolute Gasteiger partial charge is 0.276 e. The zero-order valence-corrected chi connectivity index (χ0v) is 12.2. The molecule has 0 aliphatic carbocycles. The van der Waals surface area contributed by atoms with E-state index in [9.17, 15) is 17.2 Å². The smallest absolute Gasteiger partial charge is 0.266 e. The third-order valence-corrected chi connectivity index (χ3v) is 3.90. The Morgan fingerprint density at radius 1 is 1.33 bits per heavy atom. The van der Waals surface area contributed by atoms with Gasteiger partial charge in [-0.1, -0.05) is 13.8 Å². The Labute approximate surface area is 120 Å². The summed E-state index contributed by atoms with van der Waals surface area (Å²) in [6.45, 7) is 4.60. The van der Waals surface area contributed by atoms with Gasteiger partial charge < -0.3 is 0 Å². The molecule has 0 aromatic carbocycles. The van der Waals surface area contributed by atoms with Gasteiger partial charge in [-0.2, -0.15) is 18.9 Å². The molecule has 2 aromatic rings. The van der Waals surface area contributed by atoms with Crippen molar-refractivity contribution in [3.63, 3.8) is 0 Å². The van der Waals surface area contributed by atoms with Crippen LogP contribution in [-0.2, 0) is 16.6 Å². The zero-order chi connectivity index (χ0) is 15.6. The molecule has 1 N–H and O–H groups in total. The second-order valence-electron chi connectivity index (χ2n) is 4.87. The molecular weight excluding hydrogens is 302 g/mol. The molecule has 0 saturated heterocycles. The normalized spacial score (nSPS) is 11.9. The van der Waals surface area contributed by atoms with Crippen LogP contribution in [0.4, 0.5) is 14.5 Å². The van der Waals surface area contributed by atoms with E-state index in [1.807, 2.05) is 13.8 Å². The molecular formula is C12H14F2N4O2S. The second-order valence-corrected chi connectivity index (χ2v) is 6.52. The van der Waals surface area contributed by atoms with E-state index >= 15 is 0 Å². The standard InChI is InChI=1S/C12H14F2N4O2S/c1-8(2)6-18-7-9(5-15-18)17-21(19,20)10-3-4-11(13)16-12(10)14/h3-5,7-8,17H,6H2,1-2H3. The highest BCUT2D eigenvalue weighted by molar-refractivity contribution is 7.92. The quantitative estimate of drug-likeness (QED) is 0.856. The van der Waals surface area contributed by atoms with Crippen LogP contribution in [0.25, 0.3) is 0 Å². The monoisotopic (exact) mass is 316 g/mol. The lowest BCUT2D eigenvalue weighted by Gasteiger charge is -2.06. The van der Waals surface area contributed by atoms with Gasteiger partial charge in [-0.3, -0.25) is 9.40 Å². The minimum atomic E-state index is -4.18. The number of aromatic nitrogens is 3. The van der Waals surface area contributed by atoms with Crippen LogP contribution in [0.5, 0.6) is 0 Å². The molecule has 9 heteroatoms. The average molecular weight is 316 g/mol. The van der Waals surface area contributed by atoms with Gasteiger partial charge >= 0.3 is 0 Å². The molecule has 2 heterocycles. The molecule has 0 unspecified atom stereocenters. The Hall–Kier alpha value is -2.03. The summed E-state index contributed by atoms with van der Waals surface area (Å²) in [5.74, 6) is -2.14. The first-order chi connectivity index (χ1) is 9.78. The van der Waals surface area contributed by atoms with Crippen molar-refractivity contribution >= 4 is 15.7 Å². The molecule has 0 bridgehead atoms. The average Bonchev–Trinajstić information content (AvgIpc) is 2.73. The van der Waals surface area contributed by atoms with Crippen molar-refractivity contribution < 1.29 is 17.2 Å². The molecule has 2 rings (SSSR count). The number of anilines is 1. The molecule has 0 aliphatic rings. The zero-order valence-electron chi connectivity index (χ0n) is 11.4. The van der Waals surface area contributed by atoms with Crippen molar-refractivity contribution in [1.29, 1.82) is 0 Å². The summed E-state index contributed by atoms with van der Waals surface area (Å²) in [4.78, 5) is 2.13. The van der Waals surface area contributed by atoms with Gasteiger partial charge in [0.05, 0.1) is 11.9 Å². The molecule has 0 radical (unpaired) electrons. The number of pyridine rings is 1. The first-order valence-corrected chi connectivity index (χ1v) is 7.63. The highest BCUT2D eigenvalue weighted by Crippen LogP contribution is 2.17. The third kappa shape index (κ3) is 3.75. The molecule has 0 spiro atoms. The third-order valence-electron chi connectivity index (χ3n) is 2.51. The predicted octanol–water partition coefficient (Wildman–Crippen LogP) is 2.01. The Kier molecular flexibility index (Phi) is 4.21. The SMILES string of the molecule is CC(C)Cn1cc(NS(=O)(=O)c2ccc(F)nc2F)cn1. The maximum absolute atomic E-state index is 13.4.